The van der Waals surface area contributed by atoms with Gasteiger partial charge in [-0.05, 0) is 91.6 Å². The molecule has 1 atom stereocenters. The molecule has 5 heterocycles. The molecule has 0 radical (unpaired) electrons. The number of aromatic amines is 1. The Balaban J connectivity index is 1.16. The lowest BCUT2D eigenvalue weighted by Crippen LogP contribution is -2.15. The van der Waals surface area contributed by atoms with Crippen LogP contribution in [-0.2, 0) is 0 Å². The zero-order valence-electron chi connectivity index (χ0n) is 29.6. The van der Waals surface area contributed by atoms with E-state index < -0.39 is 6.17 Å². The topological polar surface area (TPSA) is 102 Å². The lowest BCUT2D eigenvalue weighted by Gasteiger charge is -2.08. The molecule has 8 nitrogen and oxygen atoms in total. The number of nitrogens with one attached hydrogen (secondary N) is 1. The summed E-state index contributed by atoms with van der Waals surface area (Å²) in [6.07, 6.45) is -0.569. The van der Waals surface area contributed by atoms with Crippen molar-refractivity contribution in [1.82, 2.24) is 4.98 Å². The van der Waals surface area contributed by atoms with Crippen LogP contribution >= 0.6 is 0 Å². The Kier molecular flexibility index (Phi) is 5.80. The van der Waals surface area contributed by atoms with Crippen molar-refractivity contribution in [3.05, 3.63) is 190 Å². The number of aromatic nitrogens is 1. The molecule has 4 aliphatic heterocycles. The Bertz CT molecular complexity index is 3600. The molecule has 56 heavy (non-hydrogen) atoms. The number of H-pyrrole nitrogens is 1. The van der Waals surface area contributed by atoms with Crippen molar-refractivity contribution in [3.63, 3.8) is 0 Å². The predicted octanol–water partition coefficient (Wildman–Crippen LogP) is 8.91. The first kappa shape index (κ1) is 29.7. The van der Waals surface area contributed by atoms with Gasteiger partial charge < -0.3 is 4.98 Å². The number of rotatable bonds is 0. The second kappa shape index (κ2) is 10.9. The fraction of sp³-hybridized carbons (Fsp3) is 0.0208. The molecule has 13 rings (SSSR count). The predicted molar refractivity (Wildman–Crippen MR) is 225 cm³/mol. The van der Waals surface area contributed by atoms with Gasteiger partial charge in [-0.2, -0.15) is 0 Å². The van der Waals surface area contributed by atoms with Gasteiger partial charge >= 0.3 is 0 Å². The summed E-state index contributed by atoms with van der Waals surface area (Å²) in [7, 11) is 0. The molecule has 8 aromatic carbocycles. The van der Waals surface area contributed by atoms with Crippen LogP contribution in [0.4, 0.5) is 0 Å². The van der Waals surface area contributed by atoms with Gasteiger partial charge in [0.2, 0.25) is 0 Å². The average molecular weight is 715 g/mol. The third-order valence-electron chi connectivity index (χ3n) is 11.4. The normalized spacial score (nSPS) is 16.5. The molecule has 0 amide bonds. The van der Waals surface area contributed by atoms with E-state index >= 15 is 0 Å². The van der Waals surface area contributed by atoms with Crippen LogP contribution in [0.15, 0.2) is 181 Å². The summed E-state index contributed by atoms with van der Waals surface area (Å²) in [4.78, 5) is 40.4. The minimum absolute atomic E-state index is 0.555. The highest BCUT2D eigenvalue weighted by Gasteiger charge is 2.31. The maximum absolute atomic E-state index is 5.34. The smallest absolute Gasteiger partial charge is 0.170 e. The summed E-state index contributed by atoms with van der Waals surface area (Å²) in [6.45, 7) is 0. The Morgan fingerprint density at radius 1 is 0.321 bits per heavy atom. The Hall–Kier alpha value is -7.71. The third-order valence-corrected chi connectivity index (χ3v) is 11.4. The van der Waals surface area contributed by atoms with Crippen molar-refractivity contribution >= 4 is 83.0 Å². The van der Waals surface area contributed by atoms with Gasteiger partial charge in [-0.1, -0.05) is 97.1 Å². The van der Waals surface area contributed by atoms with Gasteiger partial charge in [-0.25, -0.2) is 34.9 Å². The van der Waals surface area contributed by atoms with Crippen molar-refractivity contribution < 1.29 is 0 Å². The van der Waals surface area contributed by atoms with Gasteiger partial charge in [0.1, 0.15) is 11.0 Å². The fourth-order valence-corrected chi connectivity index (χ4v) is 8.61. The highest BCUT2D eigenvalue weighted by Crippen LogP contribution is 2.37. The van der Waals surface area contributed by atoms with E-state index in [2.05, 4.69) is 151 Å². The summed E-state index contributed by atoms with van der Waals surface area (Å²) in [6, 6.07) is 50.8. The molecular formula is C48H26N8. The van der Waals surface area contributed by atoms with E-state index in [1.807, 2.05) is 0 Å². The number of fused-ring (bicyclic) bond motifs is 21. The first-order valence-electron chi connectivity index (χ1n) is 18.7. The van der Waals surface area contributed by atoms with Crippen LogP contribution in [0.5, 0.6) is 0 Å². The molecule has 1 aromatic heterocycles. The Labute approximate surface area is 318 Å². The van der Waals surface area contributed by atoms with E-state index in [0.717, 1.165) is 87.2 Å². The molecule has 8 bridgehead atoms. The van der Waals surface area contributed by atoms with Gasteiger partial charge in [0.05, 0.1) is 0 Å². The molecule has 0 saturated heterocycles. The second-order valence-electron chi connectivity index (χ2n) is 14.7. The van der Waals surface area contributed by atoms with Crippen molar-refractivity contribution in [2.24, 2.45) is 34.9 Å². The van der Waals surface area contributed by atoms with Crippen molar-refractivity contribution in [2.45, 2.75) is 6.17 Å². The molecule has 1 N–H and O–H groups in total. The van der Waals surface area contributed by atoms with Crippen LogP contribution in [0.25, 0.3) is 53.9 Å². The highest BCUT2D eigenvalue weighted by molar-refractivity contribution is 6.31. The van der Waals surface area contributed by atoms with E-state index in [-0.39, 0.29) is 0 Å². The number of hydrogen-bond acceptors (Lipinski definition) is 7. The monoisotopic (exact) mass is 714 g/mol. The zero-order chi connectivity index (χ0) is 36.5. The molecule has 1 unspecified atom stereocenters. The van der Waals surface area contributed by atoms with E-state index in [4.69, 9.17) is 34.9 Å². The molecule has 4 aliphatic rings. The van der Waals surface area contributed by atoms with Crippen LogP contribution in [0.3, 0.4) is 0 Å². The van der Waals surface area contributed by atoms with E-state index in [1.54, 1.807) is 0 Å². The van der Waals surface area contributed by atoms with Crippen LogP contribution in [0.1, 0.15) is 39.5 Å². The van der Waals surface area contributed by atoms with Crippen LogP contribution < -0.4 is 11.0 Å². The van der Waals surface area contributed by atoms with Crippen molar-refractivity contribution in [1.29, 1.82) is 0 Å². The summed E-state index contributed by atoms with van der Waals surface area (Å²) in [5, 5.41) is 10.7. The van der Waals surface area contributed by atoms with Crippen LogP contribution in [0, 0.1) is 0 Å². The summed E-state index contributed by atoms with van der Waals surface area (Å²) < 4.78 is 0. The molecule has 0 fully saturated rings. The van der Waals surface area contributed by atoms with Crippen LogP contribution in [-0.4, -0.2) is 34.2 Å². The van der Waals surface area contributed by atoms with Crippen molar-refractivity contribution in [2.75, 3.05) is 0 Å². The van der Waals surface area contributed by atoms with Crippen molar-refractivity contribution in [3.8, 4) is 0 Å². The number of nitrogens with zero attached hydrogens (tertiary/aromatic N) is 7. The van der Waals surface area contributed by atoms with Gasteiger partial charge in [0, 0.05) is 44.2 Å². The Morgan fingerprint density at radius 3 is 1.11 bits per heavy atom. The molecule has 0 aliphatic carbocycles. The van der Waals surface area contributed by atoms with E-state index in [9.17, 15) is 0 Å². The number of hydrogen-bond donors (Lipinski definition) is 1. The largest absolute Gasteiger partial charge is 0.324 e. The SMILES string of the molecule is c1ccc2cc3c(cc2c1)C1=NC2=NC(=NC4N=C(N=c5[nH]c(c6cc7ccccc7cc56)=NC3=N1)c1cc3ccccc3cc14)c1cc3ccccc3cc12. The van der Waals surface area contributed by atoms with Gasteiger partial charge in [-0.3, -0.25) is 0 Å². The summed E-state index contributed by atoms with van der Waals surface area (Å²) in [5.41, 5.74) is 6.88. The summed E-state index contributed by atoms with van der Waals surface area (Å²) >= 11 is 0. The highest BCUT2D eigenvalue weighted by atomic mass is 15.1. The lowest BCUT2D eigenvalue weighted by atomic mass is 10.00. The van der Waals surface area contributed by atoms with Gasteiger partial charge in [-0.15, -0.1) is 0 Å². The number of benzene rings is 8. The minimum Gasteiger partial charge on any atom is -0.324 e. The maximum atomic E-state index is 5.34. The van der Waals surface area contributed by atoms with E-state index in [0.29, 0.717) is 40.2 Å². The molecule has 8 heteroatoms. The zero-order valence-corrected chi connectivity index (χ0v) is 29.6. The molecule has 0 spiro atoms. The second-order valence-corrected chi connectivity index (χ2v) is 14.7. The lowest BCUT2D eigenvalue weighted by molar-refractivity contribution is 0.797. The summed E-state index contributed by atoms with van der Waals surface area (Å²) in [5.74, 6) is 2.86. The molecule has 258 valence electrons. The first-order valence-corrected chi connectivity index (χ1v) is 18.7. The number of aliphatic imine (C=N–C) groups is 5. The van der Waals surface area contributed by atoms with Gasteiger partial charge in [0.25, 0.3) is 0 Å². The minimum atomic E-state index is -0.569. The standard InChI is InChI=1S/C48H26N8/c1-2-10-26-18-34-33(17-25(26)9-1)41-49-42(34)54-44-37-21-29-13-5-6-14-30(29)22-38(37)46(51-44)56-48-40-24-32-16-8-7-15-31(32)23-39(40)47(52-48)55-45-36-20-28-12-4-3-11-27(28)19-35(36)43(50-45)53-41/h1-24,41H,(H,49,50,51,52,53,54,55,56). The number of amidine groups is 5. The first-order chi connectivity index (χ1) is 27.7. The van der Waals surface area contributed by atoms with Gasteiger partial charge in [0.15, 0.2) is 35.3 Å². The maximum Gasteiger partial charge on any atom is 0.170 e. The average Bonchev–Trinajstić information content (AvgIpc) is 3.95. The fourth-order valence-electron chi connectivity index (χ4n) is 8.61. The van der Waals surface area contributed by atoms with Crippen LogP contribution in [0.2, 0.25) is 0 Å². The molecule has 0 saturated carbocycles. The quantitative estimate of drug-likeness (QED) is 0.162. The van der Waals surface area contributed by atoms with E-state index in [1.165, 1.54) is 0 Å². The Morgan fingerprint density at radius 2 is 0.643 bits per heavy atom. The third kappa shape index (κ3) is 4.32. The molecule has 9 aromatic rings. The molecular weight excluding hydrogens is 689 g/mol.